The van der Waals surface area contributed by atoms with Crippen LogP contribution in [0.1, 0.15) is 18.9 Å². The van der Waals surface area contributed by atoms with Crippen LogP contribution in [0.5, 0.6) is 11.5 Å². The highest BCUT2D eigenvalue weighted by Crippen LogP contribution is 2.31. The molecule has 2 atom stereocenters. The number of likely N-dealkylation sites (tertiary alicyclic amines) is 1. The van der Waals surface area contributed by atoms with E-state index in [0.717, 1.165) is 12.1 Å². The van der Waals surface area contributed by atoms with Crippen molar-refractivity contribution in [2.45, 2.75) is 26.5 Å². The highest BCUT2D eigenvalue weighted by molar-refractivity contribution is 5.70. The van der Waals surface area contributed by atoms with E-state index in [1.807, 2.05) is 11.8 Å². The number of nitrogens with zero attached hydrogens (tertiary/aromatic N) is 1. The first-order valence-corrected chi connectivity index (χ1v) is 7.46. The van der Waals surface area contributed by atoms with Crippen molar-refractivity contribution in [3.8, 4) is 11.5 Å². The van der Waals surface area contributed by atoms with Gasteiger partial charge in [-0.3, -0.25) is 9.69 Å². The van der Waals surface area contributed by atoms with Gasteiger partial charge in [-0.25, -0.2) is 0 Å². The largest absolute Gasteiger partial charge is 0.493 e. The van der Waals surface area contributed by atoms with Gasteiger partial charge in [0, 0.05) is 19.6 Å². The molecule has 1 aliphatic rings. The molecule has 0 radical (unpaired) electrons. The number of rotatable bonds is 6. The van der Waals surface area contributed by atoms with Gasteiger partial charge in [-0.2, -0.15) is 8.78 Å². The van der Waals surface area contributed by atoms with Crippen molar-refractivity contribution >= 4 is 5.97 Å². The van der Waals surface area contributed by atoms with Gasteiger partial charge < -0.3 is 14.6 Å². The van der Waals surface area contributed by atoms with Crippen LogP contribution in [0.2, 0.25) is 0 Å². The SMILES string of the molecule is COc1ccc(CN2CC(C)CC(C(=O)O)C2)cc1OC(F)F. The van der Waals surface area contributed by atoms with Crippen LogP contribution in [0.3, 0.4) is 0 Å². The van der Waals surface area contributed by atoms with Gasteiger partial charge in [-0.15, -0.1) is 0 Å². The van der Waals surface area contributed by atoms with E-state index < -0.39 is 18.5 Å². The topological polar surface area (TPSA) is 59.0 Å². The van der Waals surface area contributed by atoms with Crippen LogP contribution in [-0.2, 0) is 11.3 Å². The number of ether oxygens (including phenoxy) is 2. The molecular formula is C16H21F2NO4. The zero-order chi connectivity index (χ0) is 17.0. The fraction of sp³-hybridized carbons (Fsp3) is 0.562. The van der Waals surface area contributed by atoms with Crippen LogP contribution < -0.4 is 9.47 Å². The van der Waals surface area contributed by atoms with Gasteiger partial charge >= 0.3 is 12.6 Å². The maximum Gasteiger partial charge on any atom is 0.387 e. The third-order valence-corrected chi connectivity index (χ3v) is 3.93. The lowest BCUT2D eigenvalue weighted by Gasteiger charge is -2.34. The number of piperidine rings is 1. The highest BCUT2D eigenvalue weighted by Gasteiger charge is 2.29. The van der Waals surface area contributed by atoms with E-state index in [2.05, 4.69) is 4.74 Å². The predicted molar refractivity (Wildman–Crippen MR) is 79.8 cm³/mol. The van der Waals surface area contributed by atoms with Crippen LogP contribution in [0.25, 0.3) is 0 Å². The van der Waals surface area contributed by atoms with Gasteiger partial charge in [0.05, 0.1) is 13.0 Å². The fourth-order valence-electron chi connectivity index (χ4n) is 3.04. The first-order chi connectivity index (χ1) is 10.9. The minimum Gasteiger partial charge on any atom is -0.493 e. The van der Waals surface area contributed by atoms with E-state index in [4.69, 9.17) is 4.74 Å². The molecule has 0 aromatic heterocycles. The molecule has 5 nitrogen and oxygen atoms in total. The Morgan fingerprint density at radius 1 is 1.39 bits per heavy atom. The summed E-state index contributed by atoms with van der Waals surface area (Å²) in [6.45, 7) is 0.807. The molecule has 2 rings (SSSR count). The zero-order valence-corrected chi connectivity index (χ0v) is 13.2. The Morgan fingerprint density at radius 2 is 2.13 bits per heavy atom. The molecule has 1 fully saturated rings. The van der Waals surface area contributed by atoms with E-state index in [1.165, 1.54) is 13.2 Å². The average Bonchev–Trinajstić information content (AvgIpc) is 2.46. The molecule has 1 aromatic rings. The molecule has 1 N–H and O–H groups in total. The Bertz CT molecular complexity index is 553. The number of carboxylic acid groups (broad SMARTS) is 1. The Kier molecular flexibility index (Phi) is 5.76. The standard InChI is InChI=1S/C16H21F2NO4/c1-10-5-12(15(20)21)9-19(7-10)8-11-3-4-13(22-2)14(6-11)23-16(17)18/h3-4,6,10,12,16H,5,7-9H2,1-2H3,(H,20,21). The molecule has 0 saturated carbocycles. The molecule has 128 valence electrons. The Labute approximate surface area is 133 Å². The summed E-state index contributed by atoms with van der Waals surface area (Å²) in [7, 11) is 1.39. The molecule has 0 aliphatic carbocycles. The van der Waals surface area contributed by atoms with Gasteiger partial charge in [0.25, 0.3) is 0 Å². The minimum absolute atomic E-state index is 0.0140. The highest BCUT2D eigenvalue weighted by atomic mass is 19.3. The maximum atomic E-state index is 12.5. The zero-order valence-electron chi connectivity index (χ0n) is 13.2. The van der Waals surface area contributed by atoms with Crippen molar-refractivity contribution in [1.82, 2.24) is 4.90 Å². The van der Waals surface area contributed by atoms with E-state index >= 15 is 0 Å². The summed E-state index contributed by atoms with van der Waals surface area (Å²) < 4.78 is 34.4. The number of methoxy groups -OCH3 is 1. The van der Waals surface area contributed by atoms with Crippen LogP contribution in [0.4, 0.5) is 8.78 Å². The van der Waals surface area contributed by atoms with Crippen LogP contribution in [0.15, 0.2) is 18.2 Å². The normalized spacial score (nSPS) is 22.1. The number of carboxylic acids is 1. The van der Waals surface area contributed by atoms with Gasteiger partial charge in [-0.05, 0) is 30.0 Å². The van der Waals surface area contributed by atoms with E-state index in [1.54, 1.807) is 12.1 Å². The summed E-state index contributed by atoms with van der Waals surface area (Å²) in [6, 6.07) is 4.86. The third-order valence-electron chi connectivity index (χ3n) is 3.93. The predicted octanol–water partition coefficient (Wildman–Crippen LogP) is 2.84. The Hall–Kier alpha value is -1.89. The summed E-state index contributed by atoms with van der Waals surface area (Å²) in [5.74, 6) is -0.684. The third kappa shape index (κ3) is 4.79. The van der Waals surface area contributed by atoms with Gasteiger partial charge in [0.2, 0.25) is 0 Å². The molecular weight excluding hydrogens is 308 g/mol. The van der Waals surface area contributed by atoms with Crippen molar-refractivity contribution in [1.29, 1.82) is 0 Å². The first-order valence-electron chi connectivity index (χ1n) is 7.46. The van der Waals surface area contributed by atoms with Gasteiger partial charge in [0.15, 0.2) is 11.5 Å². The summed E-state index contributed by atoms with van der Waals surface area (Å²) in [5.41, 5.74) is 0.777. The summed E-state index contributed by atoms with van der Waals surface area (Å²) in [4.78, 5) is 13.2. The number of aliphatic carboxylic acids is 1. The van der Waals surface area contributed by atoms with Crippen molar-refractivity contribution in [3.05, 3.63) is 23.8 Å². The van der Waals surface area contributed by atoms with Crippen LogP contribution >= 0.6 is 0 Å². The van der Waals surface area contributed by atoms with Crippen molar-refractivity contribution in [2.24, 2.45) is 11.8 Å². The monoisotopic (exact) mass is 329 g/mol. The molecule has 1 aliphatic heterocycles. The quantitative estimate of drug-likeness (QED) is 0.870. The molecule has 23 heavy (non-hydrogen) atoms. The lowest BCUT2D eigenvalue weighted by molar-refractivity contribution is -0.144. The molecule has 0 amide bonds. The molecule has 1 heterocycles. The first kappa shape index (κ1) is 17.5. The van der Waals surface area contributed by atoms with Crippen LogP contribution in [-0.4, -0.2) is 42.8 Å². The lowest BCUT2D eigenvalue weighted by Crippen LogP contribution is -2.41. The van der Waals surface area contributed by atoms with E-state index in [0.29, 0.717) is 19.5 Å². The molecule has 7 heteroatoms. The molecule has 0 bridgehead atoms. The number of benzene rings is 1. The molecule has 1 saturated heterocycles. The van der Waals surface area contributed by atoms with E-state index in [-0.39, 0.29) is 17.4 Å². The fourth-order valence-corrected chi connectivity index (χ4v) is 3.04. The lowest BCUT2D eigenvalue weighted by atomic mass is 9.90. The second-order valence-electron chi connectivity index (χ2n) is 5.93. The summed E-state index contributed by atoms with van der Waals surface area (Å²) >= 11 is 0. The number of carbonyl (C=O) groups is 1. The van der Waals surface area contributed by atoms with Crippen molar-refractivity contribution < 1.29 is 28.2 Å². The van der Waals surface area contributed by atoms with Gasteiger partial charge in [-0.1, -0.05) is 13.0 Å². The number of hydrogen-bond donors (Lipinski definition) is 1. The summed E-state index contributed by atoms with van der Waals surface area (Å²) in [6.07, 6.45) is 0.661. The molecule has 0 spiro atoms. The van der Waals surface area contributed by atoms with Crippen molar-refractivity contribution in [3.63, 3.8) is 0 Å². The smallest absolute Gasteiger partial charge is 0.387 e. The van der Waals surface area contributed by atoms with Gasteiger partial charge in [0.1, 0.15) is 0 Å². The second-order valence-corrected chi connectivity index (χ2v) is 5.93. The number of hydrogen-bond acceptors (Lipinski definition) is 4. The minimum atomic E-state index is -2.93. The maximum absolute atomic E-state index is 12.5. The molecule has 2 unspecified atom stereocenters. The van der Waals surface area contributed by atoms with Crippen LogP contribution in [0, 0.1) is 11.8 Å². The molecule has 1 aromatic carbocycles. The Morgan fingerprint density at radius 3 is 2.74 bits per heavy atom. The number of halogens is 2. The number of alkyl halides is 2. The van der Waals surface area contributed by atoms with Crippen molar-refractivity contribution in [2.75, 3.05) is 20.2 Å². The average molecular weight is 329 g/mol. The summed E-state index contributed by atoms with van der Waals surface area (Å²) in [5, 5.41) is 9.20. The second kappa shape index (κ2) is 7.59. The van der Waals surface area contributed by atoms with E-state index in [9.17, 15) is 18.7 Å². The Balaban J connectivity index is 2.11.